The van der Waals surface area contributed by atoms with Gasteiger partial charge in [-0.15, -0.1) is 0 Å². The van der Waals surface area contributed by atoms with E-state index < -0.39 is 0 Å². The molecule has 1 aromatic carbocycles. The molecule has 2 aliphatic heterocycles. The van der Waals surface area contributed by atoms with Gasteiger partial charge in [-0.05, 0) is 62.2 Å². The first-order valence-electron chi connectivity index (χ1n) is 8.65. The van der Waals surface area contributed by atoms with Crippen molar-refractivity contribution in [2.24, 2.45) is 5.92 Å². The first-order valence-corrected chi connectivity index (χ1v) is 8.65. The van der Waals surface area contributed by atoms with Crippen LogP contribution in [0.2, 0.25) is 0 Å². The van der Waals surface area contributed by atoms with Crippen molar-refractivity contribution < 1.29 is 0 Å². The average molecular weight is 286 g/mol. The summed E-state index contributed by atoms with van der Waals surface area (Å²) in [5.41, 5.74) is 2.85. The van der Waals surface area contributed by atoms with Gasteiger partial charge in [-0.1, -0.05) is 38.1 Å². The molecule has 0 aromatic heterocycles. The molecule has 2 aliphatic rings. The lowest BCUT2D eigenvalue weighted by Gasteiger charge is -2.36. The lowest BCUT2D eigenvalue weighted by molar-refractivity contribution is 0.133. The monoisotopic (exact) mass is 286 g/mol. The molecule has 1 aromatic rings. The maximum absolute atomic E-state index is 3.69. The molecule has 0 amide bonds. The third-order valence-electron chi connectivity index (χ3n) is 5.60. The van der Waals surface area contributed by atoms with E-state index in [1.807, 2.05) is 0 Å². The number of rotatable bonds is 5. The molecule has 21 heavy (non-hydrogen) atoms. The van der Waals surface area contributed by atoms with Gasteiger partial charge in [-0.3, -0.25) is 0 Å². The van der Waals surface area contributed by atoms with Crippen molar-refractivity contribution in [3.63, 3.8) is 0 Å². The van der Waals surface area contributed by atoms with Crippen molar-refractivity contribution in [2.45, 2.75) is 64.1 Å². The highest BCUT2D eigenvalue weighted by molar-refractivity contribution is 5.24. The standard InChI is InChI=1S/C19H30N2/c1-14(2)17-6-4-15(5-7-17)12-20-13-16-10-18-8-9-19(11-16)21(18)3/h4-7,14,16,18-20H,8-13H2,1-3H3. The van der Waals surface area contributed by atoms with E-state index in [0.717, 1.165) is 24.5 Å². The van der Waals surface area contributed by atoms with E-state index in [1.165, 1.54) is 43.4 Å². The summed E-state index contributed by atoms with van der Waals surface area (Å²) in [6.07, 6.45) is 5.64. The zero-order chi connectivity index (χ0) is 14.8. The normalized spacial score (nSPS) is 29.2. The molecule has 2 nitrogen and oxygen atoms in total. The molecule has 2 bridgehead atoms. The summed E-state index contributed by atoms with van der Waals surface area (Å²) in [5, 5.41) is 3.69. The highest BCUT2D eigenvalue weighted by atomic mass is 15.2. The molecular weight excluding hydrogens is 256 g/mol. The predicted octanol–water partition coefficient (Wildman–Crippen LogP) is 3.77. The fourth-order valence-electron chi connectivity index (χ4n) is 4.13. The van der Waals surface area contributed by atoms with Crippen LogP contribution in [0.3, 0.4) is 0 Å². The van der Waals surface area contributed by atoms with Crippen LogP contribution in [0.1, 0.15) is 56.6 Å². The van der Waals surface area contributed by atoms with Crippen LogP contribution in [0.5, 0.6) is 0 Å². The molecule has 116 valence electrons. The fourth-order valence-corrected chi connectivity index (χ4v) is 4.13. The first kappa shape index (κ1) is 15.1. The number of fused-ring (bicyclic) bond motifs is 2. The molecule has 2 unspecified atom stereocenters. The van der Waals surface area contributed by atoms with Gasteiger partial charge in [-0.25, -0.2) is 0 Å². The van der Waals surface area contributed by atoms with Crippen molar-refractivity contribution in [2.75, 3.05) is 13.6 Å². The van der Waals surface area contributed by atoms with Crippen molar-refractivity contribution in [1.82, 2.24) is 10.2 Å². The van der Waals surface area contributed by atoms with Crippen LogP contribution in [-0.2, 0) is 6.54 Å². The molecule has 0 saturated carbocycles. The number of nitrogens with zero attached hydrogens (tertiary/aromatic N) is 1. The van der Waals surface area contributed by atoms with Gasteiger partial charge >= 0.3 is 0 Å². The Hall–Kier alpha value is -0.860. The summed E-state index contributed by atoms with van der Waals surface area (Å²) in [6.45, 7) is 6.70. The van der Waals surface area contributed by atoms with E-state index in [2.05, 4.69) is 55.4 Å². The highest BCUT2D eigenvalue weighted by Crippen LogP contribution is 2.37. The van der Waals surface area contributed by atoms with Gasteiger partial charge in [0.15, 0.2) is 0 Å². The maximum Gasteiger partial charge on any atom is 0.0205 e. The molecule has 0 radical (unpaired) electrons. The third-order valence-corrected chi connectivity index (χ3v) is 5.60. The van der Waals surface area contributed by atoms with Crippen LogP contribution in [0.4, 0.5) is 0 Å². The van der Waals surface area contributed by atoms with Crippen molar-refractivity contribution in [3.8, 4) is 0 Å². The van der Waals surface area contributed by atoms with E-state index in [4.69, 9.17) is 0 Å². The second-order valence-electron chi connectivity index (χ2n) is 7.42. The molecule has 3 rings (SSSR count). The molecule has 2 fully saturated rings. The lowest BCUT2D eigenvalue weighted by atomic mass is 9.91. The highest BCUT2D eigenvalue weighted by Gasteiger charge is 2.37. The number of nitrogens with one attached hydrogen (secondary N) is 1. The predicted molar refractivity (Wildman–Crippen MR) is 89.5 cm³/mol. The van der Waals surface area contributed by atoms with Crippen LogP contribution in [0.15, 0.2) is 24.3 Å². The molecule has 2 saturated heterocycles. The van der Waals surface area contributed by atoms with Gasteiger partial charge < -0.3 is 10.2 Å². The number of hydrogen-bond donors (Lipinski definition) is 1. The van der Waals surface area contributed by atoms with E-state index in [0.29, 0.717) is 5.92 Å². The van der Waals surface area contributed by atoms with Crippen LogP contribution in [-0.4, -0.2) is 30.6 Å². The summed E-state index contributed by atoms with van der Waals surface area (Å²) in [7, 11) is 2.32. The molecular formula is C19H30N2. The van der Waals surface area contributed by atoms with Gasteiger partial charge in [0.2, 0.25) is 0 Å². The van der Waals surface area contributed by atoms with Crippen molar-refractivity contribution in [1.29, 1.82) is 0 Å². The number of hydrogen-bond acceptors (Lipinski definition) is 2. The molecule has 2 atom stereocenters. The Morgan fingerprint density at radius 1 is 1.10 bits per heavy atom. The third kappa shape index (κ3) is 3.49. The van der Waals surface area contributed by atoms with Gasteiger partial charge in [0.1, 0.15) is 0 Å². The van der Waals surface area contributed by atoms with E-state index in [1.54, 1.807) is 0 Å². The minimum atomic E-state index is 0.627. The molecule has 1 N–H and O–H groups in total. The van der Waals surface area contributed by atoms with Gasteiger partial charge in [0.05, 0.1) is 0 Å². The Bertz CT molecular complexity index is 437. The van der Waals surface area contributed by atoms with Gasteiger partial charge in [0.25, 0.3) is 0 Å². The Balaban J connectivity index is 1.44. The summed E-state index contributed by atoms with van der Waals surface area (Å²) >= 11 is 0. The Kier molecular flexibility index (Phi) is 4.66. The van der Waals surface area contributed by atoms with Crippen LogP contribution in [0, 0.1) is 5.92 Å². The summed E-state index contributed by atoms with van der Waals surface area (Å²) in [6, 6.07) is 10.8. The van der Waals surface area contributed by atoms with Crippen molar-refractivity contribution in [3.05, 3.63) is 35.4 Å². The Labute approximate surface area is 129 Å². The second-order valence-corrected chi connectivity index (χ2v) is 7.42. The average Bonchev–Trinajstić information content (AvgIpc) is 2.70. The number of benzene rings is 1. The smallest absolute Gasteiger partial charge is 0.0205 e. The summed E-state index contributed by atoms with van der Waals surface area (Å²) < 4.78 is 0. The van der Waals surface area contributed by atoms with Crippen molar-refractivity contribution >= 4 is 0 Å². The fraction of sp³-hybridized carbons (Fsp3) is 0.684. The SMILES string of the molecule is CC(C)c1ccc(CNCC2CC3CCC(C2)N3C)cc1. The molecule has 2 heterocycles. The lowest BCUT2D eigenvalue weighted by Crippen LogP contribution is -2.42. The number of piperidine rings is 1. The molecule has 0 aliphatic carbocycles. The maximum atomic E-state index is 3.69. The van der Waals surface area contributed by atoms with Crippen LogP contribution < -0.4 is 5.32 Å². The molecule has 2 heteroatoms. The van der Waals surface area contributed by atoms with E-state index in [9.17, 15) is 0 Å². The van der Waals surface area contributed by atoms with Gasteiger partial charge in [0, 0.05) is 18.6 Å². The van der Waals surface area contributed by atoms with Crippen LogP contribution >= 0.6 is 0 Å². The zero-order valence-corrected chi connectivity index (χ0v) is 13.8. The van der Waals surface area contributed by atoms with E-state index >= 15 is 0 Å². The Morgan fingerprint density at radius 2 is 1.71 bits per heavy atom. The summed E-state index contributed by atoms with van der Waals surface area (Å²) in [5.74, 6) is 1.51. The van der Waals surface area contributed by atoms with Crippen LogP contribution in [0.25, 0.3) is 0 Å². The summed E-state index contributed by atoms with van der Waals surface area (Å²) in [4.78, 5) is 2.63. The largest absolute Gasteiger partial charge is 0.312 e. The Morgan fingerprint density at radius 3 is 2.29 bits per heavy atom. The molecule has 0 spiro atoms. The quantitative estimate of drug-likeness (QED) is 0.886. The van der Waals surface area contributed by atoms with Gasteiger partial charge in [-0.2, -0.15) is 0 Å². The topological polar surface area (TPSA) is 15.3 Å². The zero-order valence-electron chi connectivity index (χ0n) is 13.8. The van der Waals surface area contributed by atoms with E-state index in [-0.39, 0.29) is 0 Å². The minimum Gasteiger partial charge on any atom is -0.312 e. The first-order chi connectivity index (χ1) is 10.1. The minimum absolute atomic E-state index is 0.627. The second kappa shape index (κ2) is 6.50.